The average Bonchev–Trinajstić information content (AvgIpc) is 2.97. The van der Waals surface area contributed by atoms with Crippen molar-refractivity contribution in [3.05, 3.63) is 17.6 Å². The summed E-state index contributed by atoms with van der Waals surface area (Å²) in [5, 5.41) is 3.00. The first-order valence-electron chi connectivity index (χ1n) is 7.74. The SMILES string of the molecule is CCN(CC)S(=O)(=O)N1CCC[C@H]1c1cc(NC)nc(C)n1. The van der Waals surface area contributed by atoms with Crippen molar-refractivity contribution in [2.24, 2.45) is 0 Å². The third-order valence-corrected chi connectivity index (χ3v) is 6.19. The molecule has 1 N–H and O–H groups in total. The van der Waals surface area contributed by atoms with Gasteiger partial charge in [0.05, 0.1) is 11.7 Å². The zero-order chi connectivity index (χ0) is 16.3. The van der Waals surface area contributed by atoms with Crippen LogP contribution in [0.5, 0.6) is 0 Å². The molecule has 124 valence electrons. The standard InChI is InChI=1S/C14H25N5O2S/c1-5-18(6-2)22(20,21)19-9-7-8-13(19)12-10-14(15-4)17-11(3)16-12/h10,13H,5-9H2,1-4H3,(H,15,16,17)/t13-/m0/s1. The summed E-state index contributed by atoms with van der Waals surface area (Å²) in [6, 6.07) is 1.63. The number of anilines is 1. The summed E-state index contributed by atoms with van der Waals surface area (Å²) in [5.74, 6) is 1.36. The molecule has 0 radical (unpaired) electrons. The topological polar surface area (TPSA) is 78.4 Å². The van der Waals surface area contributed by atoms with Gasteiger partial charge in [0.1, 0.15) is 11.6 Å². The summed E-state index contributed by atoms with van der Waals surface area (Å²) in [4.78, 5) is 8.74. The van der Waals surface area contributed by atoms with Crippen LogP contribution in [0.2, 0.25) is 0 Å². The van der Waals surface area contributed by atoms with Crippen LogP contribution in [0, 0.1) is 6.92 Å². The predicted octanol–water partition coefficient (Wildman–Crippen LogP) is 1.55. The van der Waals surface area contributed by atoms with E-state index in [2.05, 4.69) is 15.3 Å². The van der Waals surface area contributed by atoms with Crippen LogP contribution in [-0.2, 0) is 10.2 Å². The van der Waals surface area contributed by atoms with E-state index in [0.29, 0.717) is 25.5 Å². The summed E-state index contributed by atoms with van der Waals surface area (Å²) >= 11 is 0. The molecule has 1 aromatic rings. The molecule has 1 atom stereocenters. The van der Waals surface area contributed by atoms with Crippen LogP contribution in [0.25, 0.3) is 0 Å². The molecular weight excluding hydrogens is 302 g/mol. The van der Waals surface area contributed by atoms with E-state index in [0.717, 1.165) is 24.4 Å². The van der Waals surface area contributed by atoms with Gasteiger partial charge < -0.3 is 5.32 Å². The van der Waals surface area contributed by atoms with Gasteiger partial charge in [-0.05, 0) is 19.8 Å². The minimum Gasteiger partial charge on any atom is -0.373 e. The normalized spacial score (nSPS) is 19.8. The summed E-state index contributed by atoms with van der Waals surface area (Å²) in [7, 11) is -1.65. The van der Waals surface area contributed by atoms with Crippen molar-refractivity contribution in [2.45, 2.75) is 39.7 Å². The van der Waals surface area contributed by atoms with Crippen LogP contribution in [0.3, 0.4) is 0 Å². The summed E-state index contributed by atoms with van der Waals surface area (Å²) in [6.07, 6.45) is 1.64. The maximum Gasteiger partial charge on any atom is 0.282 e. The highest BCUT2D eigenvalue weighted by Gasteiger charge is 2.38. The van der Waals surface area contributed by atoms with Gasteiger partial charge in [0.15, 0.2) is 0 Å². The Kier molecular flexibility index (Phi) is 5.36. The number of nitrogens with zero attached hydrogens (tertiary/aromatic N) is 4. The molecular formula is C14H25N5O2S. The molecule has 1 aliphatic rings. The number of hydrogen-bond donors (Lipinski definition) is 1. The van der Waals surface area contributed by atoms with Gasteiger partial charge in [-0.3, -0.25) is 0 Å². The van der Waals surface area contributed by atoms with Crippen molar-refractivity contribution in [3.63, 3.8) is 0 Å². The molecule has 1 fully saturated rings. The van der Waals surface area contributed by atoms with E-state index in [9.17, 15) is 8.42 Å². The van der Waals surface area contributed by atoms with Gasteiger partial charge in [-0.2, -0.15) is 17.0 Å². The van der Waals surface area contributed by atoms with Crippen molar-refractivity contribution in [3.8, 4) is 0 Å². The predicted molar refractivity (Wildman–Crippen MR) is 86.8 cm³/mol. The fourth-order valence-electron chi connectivity index (χ4n) is 2.90. The van der Waals surface area contributed by atoms with Crippen molar-refractivity contribution >= 4 is 16.0 Å². The first kappa shape index (κ1) is 17.1. The molecule has 0 unspecified atom stereocenters. The average molecular weight is 327 g/mol. The van der Waals surface area contributed by atoms with E-state index < -0.39 is 10.2 Å². The Balaban J connectivity index is 2.37. The lowest BCUT2D eigenvalue weighted by Gasteiger charge is -2.29. The van der Waals surface area contributed by atoms with Crippen molar-refractivity contribution in [2.75, 3.05) is 32.0 Å². The van der Waals surface area contributed by atoms with E-state index in [1.165, 1.54) is 4.31 Å². The molecule has 0 aliphatic carbocycles. The lowest BCUT2D eigenvalue weighted by Crippen LogP contribution is -2.43. The van der Waals surface area contributed by atoms with Crippen LogP contribution in [0.4, 0.5) is 5.82 Å². The molecule has 0 aromatic carbocycles. The van der Waals surface area contributed by atoms with Gasteiger partial charge in [-0.1, -0.05) is 13.8 Å². The quantitative estimate of drug-likeness (QED) is 0.857. The minimum atomic E-state index is -3.44. The van der Waals surface area contributed by atoms with Crippen molar-refractivity contribution in [1.29, 1.82) is 0 Å². The maximum absolute atomic E-state index is 12.8. The number of aryl methyl sites for hydroxylation is 1. The molecule has 1 saturated heterocycles. The Morgan fingerprint density at radius 3 is 2.64 bits per heavy atom. The Morgan fingerprint density at radius 2 is 2.05 bits per heavy atom. The highest BCUT2D eigenvalue weighted by molar-refractivity contribution is 7.86. The van der Waals surface area contributed by atoms with Crippen molar-refractivity contribution < 1.29 is 8.42 Å². The van der Waals surface area contributed by atoms with Crippen molar-refractivity contribution in [1.82, 2.24) is 18.6 Å². The van der Waals surface area contributed by atoms with Crippen LogP contribution in [-0.4, -0.2) is 53.7 Å². The second kappa shape index (κ2) is 6.89. The Morgan fingerprint density at radius 1 is 1.36 bits per heavy atom. The highest BCUT2D eigenvalue weighted by Crippen LogP contribution is 2.34. The molecule has 1 aromatic heterocycles. The molecule has 1 aliphatic heterocycles. The smallest absolute Gasteiger partial charge is 0.282 e. The van der Waals surface area contributed by atoms with Gasteiger partial charge >= 0.3 is 0 Å². The number of aromatic nitrogens is 2. The van der Waals surface area contributed by atoms with Crippen LogP contribution >= 0.6 is 0 Å². The zero-order valence-corrected chi connectivity index (χ0v) is 14.5. The molecule has 0 spiro atoms. The second-order valence-electron chi connectivity index (χ2n) is 5.34. The van der Waals surface area contributed by atoms with E-state index in [4.69, 9.17) is 0 Å². The fraction of sp³-hybridized carbons (Fsp3) is 0.714. The molecule has 0 saturated carbocycles. The summed E-state index contributed by atoms with van der Waals surface area (Å²) in [5.41, 5.74) is 0.769. The maximum atomic E-state index is 12.8. The Hall–Kier alpha value is -1.25. The fourth-order valence-corrected chi connectivity index (χ4v) is 4.74. The zero-order valence-electron chi connectivity index (χ0n) is 13.7. The Bertz CT molecular complexity index is 616. The van der Waals surface area contributed by atoms with Gasteiger partial charge in [0.2, 0.25) is 0 Å². The van der Waals surface area contributed by atoms with Crippen LogP contribution in [0.1, 0.15) is 44.2 Å². The third kappa shape index (κ3) is 3.23. The summed E-state index contributed by atoms with van der Waals surface area (Å²) < 4.78 is 28.7. The lowest BCUT2D eigenvalue weighted by atomic mass is 10.1. The second-order valence-corrected chi connectivity index (χ2v) is 7.22. The highest BCUT2D eigenvalue weighted by atomic mass is 32.2. The van der Waals surface area contributed by atoms with Crippen LogP contribution in [0.15, 0.2) is 6.07 Å². The van der Waals surface area contributed by atoms with Crippen LogP contribution < -0.4 is 5.32 Å². The molecule has 22 heavy (non-hydrogen) atoms. The van der Waals surface area contributed by atoms with Gasteiger partial charge in [0.25, 0.3) is 10.2 Å². The first-order valence-corrected chi connectivity index (χ1v) is 9.14. The van der Waals surface area contributed by atoms with E-state index in [1.807, 2.05) is 26.8 Å². The Labute approximate surface area is 132 Å². The van der Waals surface area contributed by atoms with E-state index in [-0.39, 0.29) is 6.04 Å². The van der Waals surface area contributed by atoms with Gasteiger partial charge in [0, 0.05) is 32.7 Å². The van der Waals surface area contributed by atoms with Gasteiger partial charge in [-0.25, -0.2) is 9.97 Å². The molecule has 8 heteroatoms. The monoisotopic (exact) mass is 327 g/mol. The summed E-state index contributed by atoms with van der Waals surface area (Å²) in [6.45, 7) is 7.04. The molecule has 0 amide bonds. The van der Waals surface area contributed by atoms with Gasteiger partial charge in [-0.15, -0.1) is 0 Å². The first-order chi connectivity index (χ1) is 10.4. The lowest BCUT2D eigenvalue weighted by molar-refractivity contribution is 0.334. The molecule has 7 nitrogen and oxygen atoms in total. The number of hydrogen-bond acceptors (Lipinski definition) is 5. The number of rotatable bonds is 6. The third-order valence-electron chi connectivity index (χ3n) is 3.99. The number of nitrogens with one attached hydrogen (secondary N) is 1. The minimum absolute atomic E-state index is 0.209. The molecule has 0 bridgehead atoms. The van der Waals surface area contributed by atoms with E-state index >= 15 is 0 Å². The molecule has 2 rings (SSSR count). The van der Waals surface area contributed by atoms with E-state index in [1.54, 1.807) is 11.4 Å². The largest absolute Gasteiger partial charge is 0.373 e. The molecule has 2 heterocycles.